The largest absolute Gasteiger partial charge is 0.206 e. The second kappa shape index (κ2) is 4.18. The first kappa shape index (κ1) is 9.92. The Bertz CT molecular complexity index is 275. The molecule has 11 heavy (non-hydrogen) atoms. The lowest BCUT2D eigenvalue weighted by molar-refractivity contribution is 0.619. The van der Waals surface area contributed by atoms with Crippen LogP contribution in [0.15, 0.2) is 16.6 Å². The van der Waals surface area contributed by atoms with Crippen LogP contribution in [0.25, 0.3) is 0 Å². The fraction of sp³-hybridized carbons (Fsp3) is 0.143. The zero-order valence-corrected chi connectivity index (χ0v) is 10.7. The van der Waals surface area contributed by atoms with Crippen LogP contribution in [0.3, 0.4) is 0 Å². The van der Waals surface area contributed by atoms with Gasteiger partial charge in [-0.3, -0.25) is 0 Å². The summed E-state index contributed by atoms with van der Waals surface area (Å²) in [6.07, 6.45) is 0. The molecular weight excluding hydrogens is 390 g/mol. The minimum atomic E-state index is -0.209. The minimum absolute atomic E-state index is 0.209. The van der Waals surface area contributed by atoms with Gasteiger partial charge in [0.1, 0.15) is 5.82 Å². The van der Waals surface area contributed by atoms with E-state index in [2.05, 4.69) is 54.5 Å². The van der Waals surface area contributed by atoms with Crippen LogP contribution in [0.2, 0.25) is 0 Å². The molecule has 0 nitrogen and oxygen atoms in total. The quantitative estimate of drug-likeness (QED) is 0.383. The van der Waals surface area contributed by atoms with Crippen molar-refractivity contribution in [1.29, 1.82) is 0 Å². The van der Waals surface area contributed by atoms with E-state index in [0.29, 0.717) is 4.47 Å². The number of benzene rings is 1. The van der Waals surface area contributed by atoms with Gasteiger partial charge in [-0.05, 0) is 50.2 Å². The molecule has 0 unspecified atom stereocenters. The fourth-order valence-corrected chi connectivity index (χ4v) is 2.68. The monoisotopic (exact) mass is 392 g/mol. The molecule has 0 aliphatic heterocycles. The summed E-state index contributed by atoms with van der Waals surface area (Å²) in [5.41, 5.74) is 1.10. The summed E-state index contributed by atoms with van der Waals surface area (Å²) in [6.45, 7) is 0. The number of alkyl halides is 1. The van der Waals surface area contributed by atoms with E-state index in [1.165, 1.54) is 6.07 Å². The third-order valence-electron chi connectivity index (χ3n) is 1.26. The highest BCUT2D eigenvalue weighted by atomic mass is 127. The molecule has 0 saturated heterocycles. The second-order valence-corrected chi connectivity index (χ2v) is 4.40. The van der Waals surface area contributed by atoms with Gasteiger partial charge in [-0.1, -0.05) is 22.0 Å². The number of halogens is 4. The van der Waals surface area contributed by atoms with E-state index in [9.17, 15) is 4.39 Å². The Balaban J connectivity index is 3.25. The molecule has 0 fully saturated rings. The van der Waals surface area contributed by atoms with Crippen LogP contribution in [-0.2, 0) is 5.33 Å². The maximum atomic E-state index is 12.8. The lowest BCUT2D eigenvalue weighted by Gasteiger charge is -2.02. The predicted octanol–water partition coefficient (Wildman–Crippen LogP) is 4.09. The van der Waals surface area contributed by atoms with Crippen molar-refractivity contribution in [2.75, 3.05) is 0 Å². The van der Waals surface area contributed by atoms with Crippen LogP contribution in [0, 0.1) is 9.39 Å². The van der Waals surface area contributed by atoms with Gasteiger partial charge in [0.15, 0.2) is 0 Å². The van der Waals surface area contributed by atoms with Crippen molar-refractivity contribution in [3.05, 3.63) is 31.6 Å². The molecule has 0 N–H and O–H groups in total. The van der Waals surface area contributed by atoms with E-state index in [1.807, 2.05) is 0 Å². The molecule has 1 aromatic rings. The van der Waals surface area contributed by atoms with Gasteiger partial charge in [0.05, 0.1) is 4.47 Å². The Hall–Kier alpha value is 0.840. The first-order valence-electron chi connectivity index (χ1n) is 2.85. The summed E-state index contributed by atoms with van der Waals surface area (Å²) in [7, 11) is 0. The highest BCUT2D eigenvalue weighted by Crippen LogP contribution is 2.26. The van der Waals surface area contributed by atoms with Crippen LogP contribution in [0.4, 0.5) is 4.39 Å². The van der Waals surface area contributed by atoms with Crippen LogP contribution < -0.4 is 0 Å². The number of hydrogen-bond donors (Lipinski definition) is 0. The maximum Gasteiger partial charge on any atom is 0.138 e. The first-order chi connectivity index (χ1) is 5.16. The summed E-state index contributed by atoms with van der Waals surface area (Å²) < 4.78 is 14.3. The van der Waals surface area contributed by atoms with Gasteiger partial charge < -0.3 is 0 Å². The Morgan fingerprint density at radius 1 is 1.45 bits per heavy atom. The highest BCUT2D eigenvalue weighted by molar-refractivity contribution is 14.1. The Labute approximate surface area is 95.0 Å². The van der Waals surface area contributed by atoms with E-state index in [0.717, 1.165) is 14.5 Å². The molecule has 60 valence electrons. The minimum Gasteiger partial charge on any atom is -0.206 e. The molecular formula is C7H4Br2FI. The van der Waals surface area contributed by atoms with Crippen molar-refractivity contribution in [2.24, 2.45) is 0 Å². The summed E-state index contributed by atoms with van der Waals surface area (Å²) in [4.78, 5) is 0. The summed E-state index contributed by atoms with van der Waals surface area (Å²) >= 11 is 8.60. The summed E-state index contributed by atoms with van der Waals surface area (Å²) in [6, 6.07) is 3.24. The number of hydrogen-bond acceptors (Lipinski definition) is 0. The molecule has 0 aliphatic carbocycles. The molecule has 0 aliphatic rings. The number of rotatable bonds is 1. The van der Waals surface area contributed by atoms with E-state index >= 15 is 0 Å². The Kier molecular flexibility index (Phi) is 3.77. The van der Waals surface area contributed by atoms with Gasteiger partial charge in [-0.2, -0.15) is 0 Å². The smallest absolute Gasteiger partial charge is 0.138 e. The molecule has 0 heterocycles. The zero-order valence-electron chi connectivity index (χ0n) is 5.37. The third kappa shape index (κ3) is 2.15. The molecule has 1 rings (SSSR count). The van der Waals surface area contributed by atoms with Gasteiger partial charge in [0.2, 0.25) is 0 Å². The molecule has 0 radical (unpaired) electrons. The van der Waals surface area contributed by atoms with Crippen molar-refractivity contribution >= 4 is 54.5 Å². The topological polar surface area (TPSA) is 0 Å². The van der Waals surface area contributed by atoms with Crippen molar-refractivity contribution < 1.29 is 4.39 Å². The van der Waals surface area contributed by atoms with Gasteiger partial charge in [0.25, 0.3) is 0 Å². The predicted molar refractivity (Wildman–Crippen MR) is 59.4 cm³/mol. The van der Waals surface area contributed by atoms with Gasteiger partial charge in [-0.15, -0.1) is 0 Å². The van der Waals surface area contributed by atoms with Gasteiger partial charge in [-0.25, -0.2) is 4.39 Å². The van der Waals surface area contributed by atoms with Crippen LogP contribution >= 0.6 is 54.5 Å². The average molecular weight is 394 g/mol. The van der Waals surface area contributed by atoms with Crippen molar-refractivity contribution in [3.8, 4) is 0 Å². The molecule has 0 spiro atoms. The van der Waals surface area contributed by atoms with Crippen molar-refractivity contribution in [2.45, 2.75) is 5.33 Å². The molecule has 0 saturated carbocycles. The van der Waals surface area contributed by atoms with Crippen LogP contribution in [0.1, 0.15) is 5.56 Å². The summed E-state index contributed by atoms with van der Waals surface area (Å²) in [5.74, 6) is -0.209. The molecule has 0 atom stereocenters. The second-order valence-electron chi connectivity index (χ2n) is 1.97. The van der Waals surface area contributed by atoms with Crippen LogP contribution in [-0.4, -0.2) is 0 Å². The van der Waals surface area contributed by atoms with E-state index < -0.39 is 0 Å². The normalized spacial score (nSPS) is 10.2. The molecule has 0 aromatic heterocycles. The van der Waals surface area contributed by atoms with E-state index in [-0.39, 0.29) is 5.82 Å². The molecule has 4 heteroatoms. The van der Waals surface area contributed by atoms with Crippen LogP contribution in [0.5, 0.6) is 0 Å². The van der Waals surface area contributed by atoms with E-state index in [1.54, 1.807) is 6.07 Å². The lowest BCUT2D eigenvalue weighted by atomic mass is 10.2. The zero-order chi connectivity index (χ0) is 8.43. The Morgan fingerprint density at radius 2 is 2.09 bits per heavy atom. The maximum absolute atomic E-state index is 12.8. The SMILES string of the molecule is Fc1ccc(CBr)c(I)c1Br. The standard InChI is InChI=1S/C7H4Br2FI/c8-3-4-1-2-5(10)6(9)7(4)11/h1-2H,3H2. The molecule has 1 aromatic carbocycles. The first-order valence-corrected chi connectivity index (χ1v) is 5.84. The van der Waals surface area contributed by atoms with Crippen molar-refractivity contribution in [3.63, 3.8) is 0 Å². The lowest BCUT2D eigenvalue weighted by Crippen LogP contribution is -1.88. The third-order valence-corrected chi connectivity index (χ3v) is 4.61. The highest BCUT2D eigenvalue weighted by Gasteiger charge is 2.06. The van der Waals surface area contributed by atoms with E-state index in [4.69, 9.17) is 0 Å². The molecule has 0 bridgehead atoms. The molecule has 0 amide bonds. The average Bonchev–Trinajstić information content (AvgIpc) is 2.01. The summed E-state index contributed by atoms with van der Waals surface area (Å²) in [5, 5.41) is 0.754. The fourth-order valence-electron chi connectivity index (χ4n) is 0.669. The van der Waals surface area contributed by atoms with Gasteiger partial charge >= 0.3 is 0 Å². The Morgan fingerprint density at radius 3 is 2.64 bits per heavy atom. The van der Waals surface area contributed by atoms with Crippen molar-refractivity contribution in [1.82, 2.24) is 0 Å². The van der Waals surface area contributed by atoms with Gasteiger partial charge in [0, 0.05) is 8.90 Å².